The number of carbonyl (C=O) groups excluding carboxylic acids is 1. The molecule has 32 heavy (non-hydrogen) atoms. The molecule has 3 heterocycles. The van der Waals surface area contributed by atoms with Crippen molar-refractivity contribution in [1.82, 2.24) is 14.9 Å². The van der Waals surface area contributed by atoms with E-state index in [1.807, 2.05) is 36.2 Å². The second-order valence-corrected chi connectivity index (χ2v) is 8.38. The Bertz CT molecular complexity index is 1170. The molecule has 3 aromatic rings. The zero-order valence-electron chi connectivity index (χ0n) is 18.6. The number of piperazine rings is 1. The number of para-hydroxylation sites is 1. The Hall–Kier alpha value is -3.65. The van der Waals surface area contributed by atoms with Crippen LogP contribution in [0.25, 0.3) is 0 Å². The Kier molecular flexibility index (Phi) is 5.14. The van der Waals surface area contributed by atoms with Gasteiger partial charge in [-0.1, -0.05) is 12.1 Å². The summed E-state index contributed by atoms with van der Waals surface area (Å²) >= 11 is 0. The molecule has 0 bridgehead atoms. The smallest absolute Gasteiger partial charge is 0.257 e. The lowest BCUT2D eigenvalue weighted by Gasteiger charge is -2.35. The number of likely N-dealkylation sites (N-methyl/N-ethyl adjacent to an activating group) is 1. The second kappa shape index (κ2) is 8.12. The Morgan fingerprint density at radius 1 is 1.00 bits per heavy atom. The van der Waals surface area contributed by atoms with E-state index in [4.69, 9.17) is 4.98 Å². The summed E-state index contributed by atoms with van der Waals surface area (Å²) in [7, 11) is 4.07. The molecule has 0 radical (unpaired) electrons. The maximum absolute atomic E-state index is 12.6. The molecular formula is C24H27N7O. The van der Waals surface area contributed by atoms with Crippen LogP contribution in [0.5, 0.6) is 0 Å². The van der Waals surface area contributed by atoms with Crippen LogP contribution in [-0.4, -0.2) is 61.0 Å². The molecular weight excluding hydrogens is 402 g/mol. The lowest BCUT2D eigenvalue weighted by Crippen LogP contribution is -2.44. The lowest BCUT2D eigenvalue weighted by molar-refractivity contribution is 0.102. The van der Waals surface area contributed by atoms with Gasteiger partial charge in [0.15, 0.2) is 5.82 Å². The first-order chi connectivity index (χ1) is 15.5. The third kappa shape index (κ3) is 3.73. The van der Waals surface area contributed by atoms with Gasteiger partial charge < -0.3 is 25.3 Å². The molecule has 2 aromatic carbocycles. The van der Waals surface area contributed by atoms with Gasteiger partial charge in [-0.05, 0) is 49.9 Å². The monoisotopic (exact) mass is 429 g/mol. The molecule has 0 spiro atoms. The number of benzene rings is 2. The number of anilines is 6. The molecule has 0 unspecified atom stereocenters. The summed E-state index contributed by atoms with van der Waals surface area (Å²) in [6.07, 6.45) is 1.65. The summed E-state index contributed by atoms with van der Waals surface area (Å²) in [5.74, 6) is 0.966. The molecule has 1 fully saturated rings. The number of amides is 1. The van der Waals surface area contributed by atoms with Crippen molar-refractivity contribution in [3.05, 3.63) is 59.8 Å². The van der Waals surface area contributed by atoms with Crippen LogP contribution in [-0.2, 0) is 0 Å². The van der Waals surface area contributed by atoms with E-state index in [1.165, 1.54) is 11.3 Å². The summed E-state index contributed by atoms with van der Waals surface area (Å²) in [5.41, 5.74) is 5.42. The summed E-state index contributed by atoms with van der Waals surface area (Å²) in [6, 6.07) is 13.9. The number of fused-ring (bicyclic) bond motifs is 2. The lowest BCUT2D eigenvalue weighted by atomic mass is 10.1. The first kappa shape index (κ1) is 20.3. The minimum absolute atomic E-state index is 0.161. The predicted octanol–water partition coefficient (Wildman–Crippen LogP) is 3.61. The molecule has 2 aliphatic rings. The molecule has 0 aliphatic carbocycles. The maximum atomic E-state index is 12.6. The number of carbonyl (C=O) groups is 1. The van der Waals surface area contributed by atoms with Crippen LogP contribution in [0.4, 0.5) is 34.5 Å². The zero-order chi connectivity index (χ0) is 22.2. The highest BCUT2D eigenvalue weighted by Gasteiger charge is 2.24. The second-order valence-electron chi connectivity index (χ2n) is 8.38. The molecule has 5 rings (SSSR count). The van der Waals surface area contributed by atoms with E-state index >= 15 is 0 Å². The summed E-state index contributed by atoms with van der Waals surface area (Å²) < 4.78 is 0. The molecule has 8 heteroatoms. The largest absolute Gasteiger partial charge is 0.369 e. The standard InChI is InChI=1S/C24H27N7O/c1-16-14-17(8-9-20(16)31-12-10-29(2)11-13-31)26-24-25-15-19-22(28-24)30(3)21-7-5-4-6-18(21)23(32)27-19/h4-9,14-15H,10-13H2,1-3H3,(H,27,32)(H,25,26,28). The highest BCUT2D eigenvalue weighted by molar-refractivity contribution is 6.11. The number of hydrogen-bond acceptors (Lipinski definition) is 7. The molecule has 8 nitrogen and oxygen atoms in total. The molecule has 0 atom stereocenters. The van der Waals surface area contributed by atoms with Crippen molar-refractivity contribution in [1.29, 1.82) is 0 Å². The van der Waals surface area contributed by atoms with Gasteiger partial charge in [0, 0.05) is 44.6 Å². The molecule has 2 N–H and O–H groups in total. The number of nitrogens with one attached hydrogen (secondary N) is 2. The average molecular weight is 430 g/mol. The number of hydrogen-bond donors (Lipinski definition) is 2. The third-order valence-electron chi connectivity index (χ3n) is 6.14. The van der Waals surface area contributed by atoms with Crippen molar-refractivity contribution in [2.45, 2.75) is 6.92 Å². The molecule has 0 saturated carbocycles. The summed E-state index contributed by atoms with van der Waals surface area (Å²) in [5, 5.41) is 6.23. The predicted molar refractivity (Wildman–Crippen MR) is 129 cm³/mol. The van der Waals surface area contributed by atoms with Gasteiger partial charge in [-0.15, -0.1) is 0 Å². The van der Waals surface area contributed by atoms with E-state index < -0.39 is 0 Å². The van der Waals surface area contributed by atoms with E-state index in [9.17, 15) is 4.79 Å². The van der Waals surface area contributed by atoms with Gasteiger partial charge in [0.1, 0.15) is 5.69 Å². The fourth-order valence-electron chi connectivity index (χ4n) is 4.30. The number of rotatable bonds is 3. The molecule has 1 aromatic heterocycles. The van der Waals surface area contributed by atoms with Gasteiger partial charge in [0.2, 0.25) is 5.95 Å². The van der Waals surface area contributed by atoms with Crippen LogP contribution >= 0.6 is 0 Å². The van der Waals surface area contributed by atoms with Gasteiger partial charge >= 0.3 is 0 Å². The van der Waals surface area contributed by atoms with Gasteiger partial charge in [0.05, 0.1) is 17.4 Å². The van der Waals surface area contributed by atoms with E-state index in [2.05, 4.69) is 57.6 Å². The van der Waals surface area contributed by atoms with E-state index in [1.54, 1.807) is 6.20 Å². The highest BCUT2D eigenvalue weighted by atomic mass is 16.1. The molecule has 1 saturated heterocycles. The zero-order valence-corrected chi connectivity index (χ0v) is 18.6. The number of aryl methyl sites for hydroxylation is 1. The minimum Gasteiger partial charge on any atom is -0.369 e. The van der Waals surface area contributed by atoms with Crippen molar-refractivity contribution < 1.29 is 4.79 Å². The van der Waals surface area contributed by atoms with E-state index in [0.717, 1.165) is 37.6 Å². The fraction of sp³-hybridized carbons (Fsp3) is 0.292. The van der Waals surface area contributed by atoms with Crippen LogP contribution in [0.1, 0.15) is 15.9 Å². The Morgan fingerprint density at radius 2 is 1.78 bits per heavy atom. The third-order valence-corrected chi connectivity index (χ3v) is 6.14. The van der Waals surface area contributed by atoms with E-state index in [0.29, 0.717) is 23.0 Å². The Labute approximate surface area is 187 Å². The van der Waals surface area contributed by atoms with Gasteiger partial charge in [-0.2, -0.15) is 4.98 Å². The normalized spacial score (nSPS) is 16.2. The summed E-state index contributed by atoms with van der Waals surface area (Å²) in [6.45, 7) is 6.37. The Balaban J connectivity index is 1.40. The fourth-order valence-corrected chi connectivity index (χ4v) is 4.30. The van der Waals surface area contributed by atoms with Crippen molar-refractivity contribution in [2.75, 3.05) is 60.7 Å². The quantitative estimate of drug-likeness (QED) is 0.659. The number of nitrogens with zero attached hydrogens (tertiary/aromatic N) is 5. The Morgan fingerprint density at radius 3 is 2.56 bits per heavy atom. The average Bonchev–Trinajstić information content (AvgIpc) is 2.90. The van der Waals surface area contributed by atoms with E-state index in [-0.39, 0.29) is 5.91 Å². The topological polar surface area (TPSA) is 76.6 Å². The number of aromatic nitrogens is 2. The van der Waals surface area contributed by atoms with Crippen LogP contribution in [0, 0.1) is 6.92 Å². The molecule has 2 aliphatic heterocycles. The van der Waals surface area contributed by atoms with Crippen LogP contribution < -0.4 is 20.4 Å². The SMILES string of the molecule is Cc1cc(Nc2ncc3c(n2)N(C)c2ccccc2C(=O)N3)ccc1N1CCN(C)CC1. The highest BCUT2D eigenvalue weighted by Crippen LogP contribution is 2.35. The van der Waals surface area contributed by atoms with Crippen LogP contribution in [0.2, 0.25) is 0 Å². The van der Waals surface area contributed by atoms with Crippen molar-refractivity contribution in [3.63, 3.8) is 0 Å². The first-order valence-corrected chi connectivity index (χ1v) is 10.8. The van der Waals surface area contributed by atoms with Gasteiger partial charge in [-0.25, -0.2) is 4.98 Å². The van der Waals surface area contributed by atoms with Crippen molar-refractivity contribution in [3.8, 4) is 0 Å². The molecule has 164 valence electrons. The summed E-state index contributed by atoms with van der Waals surface area (Å²) in [4.78, 5) is 28.4. The van der Waals surface area contributed by atoms with Gasteiger partial charge in [-0.3, -0.25) is 4.79 Å². The van der Waals surface area contributed by atoms with Gasteiger partial charge in [0.25, 0.3) is 5.91 Å². The van der Waals surface area contributed by atoms with Crippen LogP contribution in [0.15, 0.2) is 48.7 Å². The van der Waals surface area contributed by atoms with Crippen molar-refractivity contribution >= 4 is 40.4 Å². The minimum atomic E-state index is -0.161. The maximum Gasteiger partial charge on any atom is 0.257 e. The van der Waals surface area contributed by atoms with Crippen molar-refractivity contribution in [2.24, 2.45) is 0 Å². The first-order valence-electron chi connectivity index (χ1n) is 10.8. The molecule has 1 amide bonds. The van der Waals surface area contributed by atoms with Crippen LogP contribution in [0.3, 0.4) is 0 Å².